The van der Waals surface area contributed by atoms with Gasteiger partial charge in [-0.1, -0.05) is 19.6 Å². The molecule has 2 aromatic rings. The molecule has 0 amide bonds. The zero-order valence-corrected chi connectivity index (χ0v) is 15.1. The predicted octanol–water partition coefficient (Wildman–Crippen LogP) is 3.82. The Balaban J connectivity index is 2.10. The monoisotopic (exact) mass is 399 g/mol. The van der Waals surface area contributed by atoms with Crippen LogP contribution in [0.25, 0.3) is 11.0 Å². The minimum atomic E-state index is -1.04. The number of nitrogens with zero attached hydrogens (tertiary/aromatic N) is 3. The number of ether oxygens (including phenoxy) is 1. The summed E-state index contributed by atoms with van der Waals surface area (Å²) in [6, 6.07) is 5.16. The van der Waals surface area contributed by atoms with Crippen LogP contribution in [0.4, 0.5) is 0 Å². The molecule has 0 radical (unpaired) electrons. The molecule has 0 bridgehead atoms. The summed E-state index contributed by atoms with van der Waals surface area (Å²) in [6.45, 7) is 8.34. The predicted molar refractivity (Wildman–Crippen MR) is 91.3 cm³/mol. The standard InChI is InChI=1S/C14H18IN3OSi/c1-20(2,3)5-4-19-10-18-9-13(15)12-6-11(7-16)8-17-14(12)18/h6,8-9H,4-5,10H2,1-3H3. The average molecular weight is 399 g/mol. The van der Waals surface area contributed by atoms with Crippen LogP contribution in [0.1, 0.15) is 5.56 Å². The molecule has 0 saturated carbocycles. The van der Waals surface area contributed by atoms with Gasteiger partial charge in [0, 0.05) is 36.0 Å². The van der Waals surface area contributed by atoms with Crippen molar-refractivity contribution in [1.82, 2.24) is 9.55 Å². The summed E-state index contributed by atoms with van der Waals surface area (Å²) in [5.74, 6) is 0. The number of aromatic nitrogens is 2. The smallest absolute Gasteiger partial charge is 0.142 e. The van der Waals surface area contributed by atoms with Gasteiger partial charge in [0.1, 0.15) is 18.4 Å². The number of hydrogen-bond acceptors (Lipinski definition) is 3. The Morgan fingerprint density at radius 3 is 2.85 bits per heavy atom. The van der Waals surface area contributed by atoms with Gasteiger partial charge in [-0.05, 0) is 34.7 Å². The second-order valence-corrected chi connectivity index (χ2v) is 12.8. The van der Waals surface area contributed by atoms with Crippen LogP contribution < -0.4 is 0 Å². The van der Waals surface area contributed by atoms with Gasteiger partial charge < -0.3 is 9.30 Å². The zero-order chi connectivity index (χ0) is 14.8. The molecule has 0 aliphatic rings. The van der Waals surface area contributed by atoms with Crippen LogP contribution in [0.2, 0.25) is 25.7 Å². The highest BCUT2D eigenvalue weighted by molar-refractivity contribution is 14.1. The van der Waals surface area contributed by atoms with E-state index in [1.54, 1.807) is 6.20 Å². The summed E-state index contributed by atoms with van der Waals surface area (Å²) >= 11 is 2.27. The summed E-state index contributed by atoms with van der Waals surface area (Å²) in [7, 11) is -1.04. The fraction of sp³-hybridized carbons (Fsp3) is 0.429. The lowest BCUT2D eigenvalue weighted by Gasteiger charge is -2.15. The van der Waals surface area contributed by atoms with Crippen molar-refractivity contribution in [1.29, 1.82) is 5.26 Å². The van der Waals surface area contributed by atoms with Crippen LogP contribution in [0.15, 0.2) is 18.5 Å². The van der Waals surface area contributed by atoms with Gasteiger partial charge in [-0.3, -0.25) is 0 Å². The van der Waals surface area contributed by atoms with Crippen molar-refractivity contribution in [3.05, 3.63) is 27.6 Å². The van der Waals surface area contributed by atoms with E-state index < -0.39 is 8.07 Å². The molecule has 0 N–H and O–H groups in total. The highest BCUT2D eigenvalue weighted by Gasteiger charge is 2.13. The Labute approximate surface area is 133 Å². The Morgan fingerprint density at radius 2 is 2.20 bits per heavy atom. The minimum absolute atomic E-state index is 0.517. The first-order valence-corrected chi connectivity index (χ1v) is 11.3. The molecule has 106 valence electrons. The lowest BCUT2D eigenvalue weighted by atomic mass is 10.2. The number of nitriles is 1. The van der Waals surface area contributed by atoms with Gasteiger partial charge in [0.25, 0.3) is 0 Å². The molecule has 6 heteroatoms. The van der Waals surface area contributed by atoms with E-state index in [-0.39, 0.29) is 0 Å². The maximum atomic E-state index is 8.92. The fourth-order valence-electron chi connectivity index (χ4n) is 1.83. The van der Waals surface area contributed by atoms with Crippen molar-refractivity contribution >= 4 is 41.7 Å². The number of rotatable bonds is 5. The molecule has 20 heavy (non-hydrogen) atoms. The van der Waals surface area contributed by atoms with Gasteiger partial charge in [-0.2, -0.15) is 5.26 Å². The molecule has 0 atom stereocenters. The SMILES string of the molecule is C[Si](C)(C)CCOCn1cc(I)c2cc(C#N)cnc21. The van der Waals surface area contributed by atoms with E-state index in [1.807, 2.05) is 16.8 Å². The molecule has 0 aliphatic heterocycles. The third-order valence-corrected chi connectivity index (χ3v) is 5.58. The third kappa shape index (κ3) is 3.81. The lowest BCUT2D eigenvalue weighted by Crippen LogP contribution is -2.22. The molecule has 0 spiro atoms. The molecule has 4 nitrogen and oxygen atoms in total. The van der Waals surface area contributed by atoms with E-state index in [4.69, 9.17) is 10.00 Å². The van der Waals surface area contributed by atoms with Crippen molar-refractivity contribution in [2.45, 2.75) is 32.4 Å². The topological polar surface area (TPSA) is 50.8 Å². The lowest BCUT2D eigenvalue weighted by molar-refractivity contribution is 0.0898. The highest BCUT2D eigenvalue weighted by atomic mass is 127. The van der Waals surface area contributed by atoms with Crippen molar-refractivity contribution in [3.8, 4) is 6.07 Å². The second-order valence-electron chi connectivity index (χ2n) is 6.00. The molecule has 2 heterocycles. The third-order valence-electron chi connectivity index (χ3n) is 3.02. The summed E-state index contributed by atoms with van der Waals surface area (Å²) < 4.78 is 8.86. The van der Waals surface area contributed by atoms with Crippen LogP contribution >= 0.6 is 22.6 Å². The Bertz CT molecular complexity index is 655. The molecule has 0 fully saturated rings. The van der Waals surface area contributed by atoms with Crippen LogP contribution in [-0.4, -0.2) is 24.2 Å². The van der Waals surface area contributed by atoms with E-state index in [0.717, 1.165) is 27.3 Å². The molecule has 2 aromatic heterocycles. The number of halogens is 1. The van der Waals surface area contributed by atoms with Crippen molar-refractivity contribution in [2.75, 3.05) is 6.61 Å². The molecule has 2 rings (SSSR count). The summed E-state index contributed by atoms with van der Waals surface area (Å²) in [6.07, 6.45) is 3.63. The first kappa shape index (κ1) is 15.5. The molecular formula is C14H18IN3OSi. The van der Waals surface area contributed by atoms with Gasteiger partial charge in [0.15, 0.2) is 0 Å². The molecule has 0 aliphatic carbocycles. The molecular weight excluding hydrogens is 381 g/mol. The molecule has 0 unspecified atom stereocenters. The largest absolute Gasteiger partial charge is 0.361 e. The van der Waals surface area contributed by atoms with E-state index >= 15 is 0 Å². The van der Waals surface area contributed by atoms with Crippen LogP contribution in [-0.2, 0) is 11.5 Å². The number of hydrogen-bond donors (Lipinski definition) is 0. The zero-order valence-electron chi connectivity index (χ0n) is 12.0. The Hall–Kier alpha value is -0.913. The van der Waals surface area contributed by atoms with Gasteiger partial charge in [0.05, 0.1) is 5.56 Å². The Morgan fingerprint density at radius 1 is 1.45 bits per heavy atom. The van der Waals surface area contributed by atoms with E-state index in [9.17, 15) is 0 Å². The minimum Gasteiger partial charge on any atom is -0.361 e. The van der Waals surface area contributed by atoms with Gasteiger partial charge in [-0.15, -0.1) is 0 Å². The van der Waals surface area contributed by atoms with E-state index in [1.165, 1.54) is 0 Å². The van der Waals surface area contributed by atoms with Crippen LogP contribution in [0, 0.1) is 14.9 Å². The first-order valence-electron chi connectivity index (χ1n) is 6.53. The summed E-state index contributed by atoms with van der Waals surface area (Å²) in [5, 5.41) is 9.94. The van der Waals surface area contributed by atoms with E-state index in [0.29, 0.717) is 12.3 Å². The quantitative estimate of drug-likeness (QED) is 0.436. The summed E-state index contributed by atoms with van der Waals surface area (Å²) in [4.78, 5) is 4.36. The maximum absolute atomic E-state index is 8.92. The van der Waals surface area contributed by atoms with Crippen molar-refractivity contribution < 1.29 is 4.74 Å². The van der Waals surface area contributed by atoms with Crippen molar-refractivity contribution in [3.63, 3.8) is 0 Å². The van der Waals surface area contributed by atoms with Crippen molar-refractivity contribution in [2.24, 2.45) is 0 Å². The fourth-order valence-corrected chi connectivity index (χ4v) is 3.32. The van der Waals surface area contributed by atoms with Gasteiger partial charge in [-0.25, -0.2) is 4.98 Å². The van der Waals surface area contributed by atoms with Gasteiger partial charge >= 0.3 is 0 Å². The Kier molecular flexibility index (Phi) is 4.83. The average Bonchev–Trinajstić information content (AvgIpc) is 2.70. The first-order chi connectivity index (χ1) is 9.40. The number of pyridine rings is 1. The number of fused-ring (bicyclic) bond motifs is 1. The van der Waals surface area contributed by atoms with E-state index in [2.05, 4.69) is 53.3 Å². The van der Waals surface area contributed by atoms with Crippen LogP contribution in [0.3, 0.4) is 0 Å². The normalized spacial score (nSPS) is 11.8. The maximum Gasteiger partial charge on any atom is 0.142 e. The second kappa shape index (κ2) is 6.24. The van der Waals surface area contributed by atoms with Gasteiger partial charge in [0.2, 0.25) is 0 Å². The van der Waals surface area contributed by atoms with Crippen LogP contribution in [0.5, 0.6) is 0 Å². The molecule has 0 aromatic carbocycles. The molecule has 0 saturated heterocycles. The highest BCUT2D eigenvalue weighted by Crippen LogP contribution is 2.22. The summed E-state index contributed by atoms with van der Waals surface area (Å²) in [5.41, 5.74) is 1.47.